The Morgan fingerprint density at radius 3 is 2.56 bits per heavy atom. The van der Waals surface area contributed by atoms with Crippen molar-refractivity contribution in [1.82, 2.24) is 4.98 Å². The molecule has 2 aromatic carbocycles. The van der Waals surface area contributed by atoms with Crippen LogP contribution in [0.2, 0.25) is 0 Å². The molecule has 1 aromatic heterocycles. The molecule has 1 atom stereocenters. The average Bonchev–Trinajstić information content (AvgIpc) is 3.36. The fourth-order valence-electron chi connectivity index (χ4n) is 3.78. The van der Waals surface area contributed by atoms with Gasteiger partial charge in [0.2, 0.25) is 0 Å². The summed E-state index contributed by atoms with van der Waals surface area (Å²) in [6, 6.07) is 14.5. The van der Waals surface area contributed by atoms with Crippen molar-refractivity contribution in [1.29, 1.82) is 0 Å². The van der Waals surface area contributed by atoms with Gasteiger partial charge < -0.3 is 14.6 Å². The van der Waals surface area contributed by atoms with Crippen LogP contribution in [0.5, 0.6) is 5.75 Å². The fraction of sp³-hybridized carbons (Fsp3) is 0.200. The number of aryl methyl sites for hydroxylation is 1. The SMILES string of the molecule is CCOC(=O)c1sc(N2C(=O)C(=O)C(=C(O)c3cccc(OC)c3)C2c2ccccc2)nc1C. The molecular weight excluding hydrogens is 456 g/mol. The lowest BCUT2D eigenvalue weighted by molar-refractivity contribution is -0.132. The summed E-state index contributed by atoms with van der Waals surface area (Å²) in [6.45, 7) is 3.53. The maximum atomic E-state index is 13.2. The maximum absolute atomic E-state index is 13.2. The zero-order valence-electron chi connectivity index (χ0n) is 18.8. The van der Waals surface area contributed by atoms with E-state index >= 15 is 0 Å². The van der Waals surface area contributed by atoms with Crippen LogP contribution >= 0.6 is 11.3 Å². The van der Waals surface area contributed by atoms with Gasteiger partial charge in [0.1, 0.15) is 16.4 Å². The normalized spacial score (nSPS) is 17.1. The molecular formula is C25H22N2O6S. The van der Waals surface area contributed by atoms with E-state index in [1.54, 1.807) is 62.4 Å². The second-order valence-corrected chi connectivity index (χ2v) is 8.42. The zero-order valence-corrected chi connectivity index (χ0v) is 19.6. The molecule has 4 rings (SSSR count). The summed E-state index contributed by atoms with van der Waals surface area (Å²) < 4.78 is 10.3. The smallest absolute Gasteiger partial charge is 0.350 e. The number of benzene rings is 2. The zero-order chi connectivity index (χ0) is 24.4. The summed E-state index contributed by atoms with van der Waals surface area (Å²) in [5, 5.41) is 11.3. The predicted octanol–water partition coefficient (Wildman–Crippen LogP) is 4.26. The Morgan fingerprint density at radius 1 is 1.15 bits per heavy atom. The van der Waals surface area contributed by atoms with Gasteiger partial charge >= 0.3 is 11.9 Å². The van der Waals surface area contributed by atoms with E-state index in [0.717, 1.165) is 11.3 Å². The molecule has 1 amide bonds. The van der Waals surface area contributed by atoms with E-state index in [9.17, 15) is 19.5 Å². The Balaban J connectivity index is 1.90. The number of Topliss-reactive ketones (excluding diaryl/α,β-unsaturated/α-hetero) is 1. The molecule has 1 N–H and O–H groups in total. The molecule has 174 valence electrons. The minimum atomic E-state index is -0.937. The molecule has 9 heteroatoms. The van der Waals surface area contributed by atoms with E-state index in [0.29, 0.717) is 22.6 Å². The van der Waals surface area contributed by atoms with Crippen molar-refractivity contribution < 1.29 is 29.0 Å². The van der Waals surface area contributed by atoms with E-state index in [4.69, 9.17) is 9.47 Å². The molecule has 8 nitrogen and oxygen atoms in total. The van der Waals surface area contributed by atoms with Crippen molar-refractivity contribution in [2.75, 3.05) is 18.6 Å². The van der Waals surface area contributed by atoms with Crippen LogP contribution < -0.4 is 9.64 Å². The number of ketones is 1. The standard InChI is InChI=1S/C25H22N2O6S/c1-4-33-24(31)22-14(2)26-25(34-22)27-19(15-9-6-5-7-10-15)18(21(29)23(27)30)20(28)16-11-8-12-17(13-16)32-3/h5-13,19,28H,4H2,1-3H3. The number of aliphatic hydroxyl groups excluding tert-OH is 1. The van der Waals surface area contributed by atoms with Gasteiger partial charge in [0.15, 0.2) is 5.13 Å². The van der Waals surface area contributed by atoms with E-state index in [1.807, 2.05) is 6.07 Å². The highest BCUT2D eigenvalue weighted by Gasteiger charge is 2.48. The first-order valence-electron chi connectivity index (χ1n) is 10.5. The molecule has 1 aliphatic rings. The van der Waals surface area contributed by atoms with Crippen LogP contribution in [0.15, 0.2) is 60.2 Å². The van der Waals surface area contributed by atoms with Gasteiger partial charge in [-0.15, -0.1) is 0 Å². The number of aromatic nitrogens is 1. The van der Waals surface area contributed by atoms with Crippen LogP contribution in [0, 0.1) is 6.92 Å². The van der Waals surface area contributed by atoms with Crippen molar-refractivity contribution in [3.8, 4) is 5.75 Å². The summed E-state index contributed by atoms with van der Waals surface area (Å²) in [7, 11) is 1.49. The number of thiazole rings is 1. The van der Waals surface area contributed by atoms with Crippen LogP contribution in [0.1, 0.15) is 39.5 Å². The van der Waals surface area contributed by atoms with E-state index in [2.05, 4.69) is 4.98 Å². The lowest BCUT2D eigenvalue weighted by Gasteiger charge is -2.23. The number of methoxy groups -OCH3 is 1. The number of hydrogen-bond donors (Lipinski definition) is 1. The minimum Gasteiger partial charge on any atom is -0.507 e. The molecule has 1 saturated heterocycles. The molecule has 0 aliphatic carbocycles. The van der Waals surface area contributed by atoms with E-state index in [-0.39, 0.29) is 27.9 Å². The third kappa shape index (κ3) is 4.06. The third-order valence-corrected chi connectivity index (χ3v) is 6.49. The number of carbonyl (C=O) groups is 3. The van der Waals surface area contributed by atoms with Gasteiger partial charge in [-0.3, -0.25) is 14.5 Å². The Morgan fingerprint density at radius 2 is 1.88 bits per heavy atom. The number of aliphatic hydroxyl groups is 1. The molecule has 0 bridgehead atoms. The quantitative estimate of drug-likeness (QED) is 0.244. The van der Waals surface area contributed by atoms with Gasteiger partial charge in [0.05, 0.1) is 31.0 Å². The monoisotopic (exact) mass is 478 g/mol. The van der Waals surface area contributed by atoms with Gasteiger partial charge in [0, 0.05) is 5.56 Å². The minimum absolute atomic E-state index is 0.0741. The number of anilines is 1. The number of nitrogens with zero attached hydrogens (tertiary/aromatic N) is 2. The van der Waals surface area contributed by atoms with Crippen LogP contribution in [-0.2, 0) is 14.3 Å². The van der Waals surface area contributed by atoms with Crippen LogP contribution in [0.4, 0.5) is 5.13 Å². The Hall–Kier alpha value is -3.98. The second-order valence-electron chi connectivity index (χ2n) is 7.44. The van der Waals surface area contributed by atoms with Crippen LogP contribution in [0.3, 0.4) is 0 Å². The highest BCUT2D eigenvalue weighted by molar-refractivity contribution is 7.17. The lowest BCUT2D eigenvalue weighted by Crippen LogP contribution is -2.29. The van der Waals surface area contributed by atoms with E-state index < -0.39 is 23.7 Å². The highest BCUT2D eigenvalue weighted by Crippen LogP contribution is 2.44. The van der Waals surface area contributed by atoms with Gasteiger partial charge in [-0.25, -0.2) is 9.78 Å². The average molecular weight is 479 g/mol. The summed E-state index contributed by atoms with van der Waals surface area (Å²) >= 11 is 0.968. The lowest BCUT2D eigenvalue weighted by atomic mass is 9.95. The van der Waals surface area contributed by atoms with Gasteiger partial charge in [0.25, 0.3) is 5.78 Å². The summed E-state index contributed by atoms with van der Waals surface area (Å²) in [5.74, 6) is -2.08. The number of ether oxygens (including phenoxy) is 2. The Bertz CT molecular complexity index is 1300. The third-order valence-electron chi connectivity index (χ3n) is 5.36. The number of amides is 1. The fourth-order valence-corrected chi connectivity index (χ4v) is 4.77. The first kappa shape index (κ1) is 23.2. The number of carbonyl (C=O) groups excluding carboxylic acids is 3. The molecule has 0 saturated carbocycles. The summed E-state index contributed by atoms with van der Waals surface area (Å²) in [6.07, 6.45) is 0. The van der Waals surface area contributed by atoms with Crippen molar-refractivity contribution in [2.24, 2.45) is 0 Å². The van der Waals surface area contributed by atoms with Gasteiger partial charge in [-0.2, -0.15) is 0 Å². The van der Waals surface area contributed by atoms with Crippen LogP contribution in [-0.4, -0.2) is 41.5 Å². The molecule has 1 unspecified atom stereocenters. The molecule has 2 heterocycles. The first-order valence-corrected chi connectivity index (χ1v) is 11.3. The highest BCUT2D eigenvalue weighted by atomic mass is 32.1. The van der Waals surface area contributed by atoms with Crippen LogP contribution in [0.25, 0.3) is 5.76 Å². The molecule has 3 aromatic rings. The Labute approximate surface area is 200 Å². The maximum Gasteiger partial charge on any atom is 0.350 e. The van der Waals surface area contributed by atoms with E-state index in [1.165, 1.54) is 12.0 Å². The first-order chi connectivity index (χ1) is 16.4. The summed E-state index contributed by atoms with van der Waals surface area (Å²) in [4.78, 5) is 44.6. The molecule has 0 spiro atoms. The topological polar surface area (TPSA) is 106 Å². The second kappa shape index (κ2) is 9.48. The van der Waals surface area contributed by atoms with Gasteiger partial charge in [-0.1, -0.05) is 53.8 Å². The Kier molecular flexibility index (Phi) is 6.47. The number of rotatable bonds is 6. The van der Waals surface area contributed by atoms with Gasteiger partial charge in [-0.05, 0) is 31.5 Å². The summed E-state index contributed by atoms with van der Waals surface area (Å²) in [5.41, 5.74) is 1.26. The predicted molar refractivity (Wildman–Crippen MR) is 127 cm³/mol. The largest absolute Gasteiger partial charge is 0.507 e. The molecule has 34 heavy (non-hydrogen) atoms. The van der Waals surface area contributed by atoms with Crippen molar-refractivity contribution in [3.05, 3.63) is 81.9 Å². The van der Waals surface area contributed by atoms with Crippen molar-refractivity contribution in [3.63, 3.8) is 0 Å². The number of esters is 1. The number of hydrogen-bond acceptors (Lipinski definition) is 8. The van der Waals surface area contributed by atoms with Crippen molar-refractivity contribution >= 4 is 39.9 Å². The van der Waals surface area contributed by atoms with Crippen molar-refractivity contribution in [2.45, 2.75) is 19.9 Å². The molecule has 1 fully saturated rings. The molecule has 0 radical (unpaired) electrons. The molecule has 1 aliphatic heterocycles.